The summed E-state index contributed by atoms with van der Waals surface area (Å²) in [6.45, 7) is 4.03. The van der Waals surface area contributed by atoms with Crippen LogP contribution in [0.15, 0.2) is 60.8 Å². The fraction of sp³-hybridized carbons (Fsp3) is 0.136. The highest BCUT2D eigenvalue weighted by atomic mass is 16.5. The lowest BCUT2D eigenvalue weighted by atomic mass is 10.1. The van der Waals surface area contributed by atoms with Gasteiger partial charge in [-0.1, -0.05) is 6.07 Å². The number of amides is 1. The molecule has 6 nitrogen and oxygen atoms in total. The van der Waals surface area contributed by atoms with Crippen LogP contribution < -0.4 is 10.6 Å². The molecular formula is C22H21N3O3. The van der Waals surface area contributed by atoms with Gasteiger partial charge in [-0.05, 0) is 73.5 Å². The Morgan fingerprint density at radius 1 is 0.857 bits per heavy atom. The van der Waals surface area contributed by atoms with E-state index in [2.05, 4.69) is 20.4 Å². The summed E-state index contributed by atoms with van der Waals surface area (Å²) in [5, 5.41) is 6.02. The standard InChI is InChI=1S/C22H21N3O3/c1-14-4-7-19(12-15(14)2)25-21(26)17-10-11-23-20(13-17)24-18-8-5-16(6-9-18)22(27)28-3/h4-13H,1-3H3,(H,23,24)(H,25,26). The molecule has 0 unspecified atom stereocenters. The summed E-state index contributed by atoms with van der Waals surface area (Å²) < 4.78 is 4.68. The van der Waals surface area contributed by atoms with Crippen molar-refractivity contribution in [3.63, 3.8) is 0 Å². The molecule has 142 valence electrons. The molecule has 28 heavy (non-hydrogen) atoms. The number of anilines is 3. The van der Waals surface area contributed by atoms with Crippen molar-refractivity contribution in [3.05, 3.63) is 83.0 Å². The van der Waals surface area contributed by atoms with Crippen LogP contribution in [0.3, 0.4) is 0 Å². The number of aromatic nitrogens is 1. The molecule has 0 spiro atoms. The lowest BCUT2D eigenvalue weighted by molar-refractivity contribution is 0.0600. The van der Waals surface area contributed by atoms with E-state index in [1.165, 1.54) is 12.7 Å². The normalized spacial score (nSPS) is 10.2. The maximum Gasteiger partial charge on any atom is 0.337 e. The highest BCUT2D eigenvalue weighted by Gasteiger charge is 2.09. The third-order valence-corrected chi connectivity index (χ3v) is 4.37. The number of nitrogens with one attached hydrogen (secondary N) is 2. The van der Waals surface area contributed by atoms with Crippen molar-refractivity contribution in [1.82, 2.24) is 4.98 Å². The Morgan fingerprint density at radius 3 is 2.25 bits per heavy atom. The predicted molar refractivity (Wildman–Crippen MR) is 109 cm³/mol. The van der Waals surface area contributed by atoms with Crippen molar-refractivity contribution in [1.29, 1.82) is 0 Å². The van der Waals surface area contributed by atoms with Crippen molar-refractivity contribution in [2.75, 3.05) is 17.7 Å². The van der Waals surface area contributed by atoms with Gasteiger partial charge in [0, 0.05) is 23.1 Å². The van der Waals surface area contributed by atoms with E-state index in [0.717, 1.165) is 16.9 Å². The number of nitrogens with zero attached hydrogens (tertiary/aromatic N) is 1. The van der Waals surface area contributed by atoms with Crippen LogP contribution >= 0.6 is 0 Å². The zero-order chi connectivity index (χ0) is 20.1. The highest BCUT2D eigenvalue weighted by Crippen LogP contribution is 2.19. The number of methoxy groups -OCH3 is 1. The van der Waals surface area contributed by atoms with Crippen LogP contribution in [0.4, 0.5) is 17.2 Å². The van der Waals surface area contributed by atoms with Gasteiger partial charge in [-0.2, -0.15) is 0 Å². The molecule has 0 aliphatic rings. The van der Waals surface area contributed by atoms with Gasteiger partial charge in [0.05, 0.1) is 12.7 Å². The molecule has 0 bridgehead atoms. The number of esters is 1. The Morgan fingerprint density at radius 2 is 1.57 bits per heavy atom. The SMILES string of the molecule is COC(=O)c1ccc(Nc2cc(C(=O)Nc3ccc(C)c(C)c3)ccn2)cc1. The number of pyridine rings is 1. The summed E-state index contributed by atoms with van der Waals surface area (Å²) in [6.07, 6.45) is 1.57. The van der Waals surface area contributed by atoms with Gasteiger partial charge in [-0.15, -0.1) is 0 Å². The number of ether oxygens (including phenoxy) is 1. The topological polar surface area (TPSA) is 80.3 Å². The number of aryl methyl sites for hydroxylation is 2. The molecule has 0 saturated carbocycles. The van der Waals surface area contributed by atoms with Gasteiger partial charge in [0.25, 0.3) is 5.91 Å². The molecule has 2 N–H and O–H groups in total. The minimum absolute atomic E-state index is 0.213. The Labute approximate surface area is 163 Å². The number of rotatable bonds is 5. The molecule has 2 aromatic carbocycles. The summed E-state index contributed by atoms with van der Waals surface area (Å²) >= 11 is 0. The van der Waals surface area contributed by atoms with Crippen LogP contribution in [0, 0.1) is 13.8 Å². The largest absolute Gasteiger partial charge is 0.465 e. The monoisotopic (exact) mass is 375 g/mol. The van der Waals surface area contributed by atoms with Gasteiger partial charge in [-0.25, -0.2) is 9.78 Å². The van der Waals surface area contributed by atoms with Crippen LogP contribution in [0.25, 0.3) is 0 Å². The minimum atomic E-state index is -0.394. The quantitative estimate of drug-likeness (QED) is 0.643. The van der Waals surface area contributed by atoms with Crippen LogP contribution in [-0.2, 0) is 4.74 Å². The van der Waals surface area contributed by atoms with E-state index >= 15 is 0 Å². The maximum absolute atomic E-state index is 12.5. The first kappa shape index (κ1) is 19.1. The molecule has 0 radical (unpaired) electrons. The minimum Gasteiger partial charge on any atom is -0.465 e. The van der Waals surface area contributed by atoms with E-state index in [4.69, 9.17) is 0 Å². The summed E-state index contributed by atoms with van der Waals surface area (Å²) in [6, 6.07) is 15.9. The highest BCUT2D eigenvalue weighted by molar-refractivity contribution is 6.04. The lowest BCUT2D eigenvalue weighted by Crippen LogP contribution is -2.12. The molecule has 0 aliphatic carbocycles. The van der Waals surface area contributed by atoms with E-state index in [1.807, 2.05) is 32.0 Å². The van der Waals surface area contributed by atoms with E-state index in [-0.39, 0.29) is 5.91 Å². The molecule has 1 heterocycles. The Balaban J connectivity index is 1.71. The molecule has 0 fully saturated rings. The molecule has 0 aliphatic heterocycles. The van der Waals surface area contributed by atoms with E-state index in [0.29, 0.717) is 16.9 Å². The second-order valence-electron chi connectivity index (χ2n) is 6.38. The average molecular weight is 375 g/mol. The summed E-state index contributed by atoms with van der Waals surface area (Å²) in [4.78, 5) is 28.3. The molecule has 0 atom stereocenters. The van der Waals surface area contributed by atoms with Crippen LogP contribution in [0.5, 0.6) is 0 Å². The van der Waals surface area contributed by atoms with Gasteiger partial charge in [0.2, 0.25) is 0 Å². The van der Waals surface area contributed by atoms with Crippen molar-refractivity contribution >= 4 is 29.1 Å². The van der Waals surface area contributed by atoms with E-state index in [9.17, 15) is 9.59 Å². The molecular weight excluding hydrogens is 354 g/mol. The summed E-state index contributed by atoms with van der Waals surface area (Å²) in [7, 11) is 1.34. The average Bonchev–Trinajstić information content (AvgIpc) is 2.71. The summed E-state index contributed by atoms with van der Waals surface area (Å²) in [5.74, 6) is -0.0806. The second kappa shape index (κ2) is 8.35. The van der Waals surface area contributed by atoms with E-state index < -0.39 is 5.97 Å². The van der Waals surface area contributed by atoms with Crippen molar-refractivity contribution < 1.29 is 14.3 Å². The third-order valence-electron chi connectivity index (χ3n) is 4.37. The van der Waals surface area contributed by atoms with Crippen LogP contribution in [-0.4, -0.2) is 24.0 Å². The molecule has 1 aromatic heterocycles. The first-order valence-corrected chi connectivity index (χ1v) is 8.76. The van der Waals surface area contributed by atoms with Crippen LogP contribution in [0.1, 0.15) is 31.8 Å². The smallest absolute Gasteiger partial charge is 0.337 e. The second-order valence-corrected chi connectivity index (χ2v) is 6.38. The third kappa shape index (κ3) is 4.54. The Hall–Kier alpha value is -3.67. The molecule has 3 aromatic rings. The summed E-state index contributed by atoms with van der Waals surface area (Å²) in [5.41, 5.74) is 4.73. The Kier molecular flexibility index (Phi) is 5.69. The zero-order valence-corrected chi connectivity index (χ0v) is 15.9. The Bertz CT molecular complexity index is 1010. The zero-order valence-electron chi connectivity index (χ0n) is 15.9. The number of carbonyl (C=O) groups is 2. The number of hydrogen-bond acceptors (Lipinski definition) is 5. The first-order chi connectivity index (χ1) is 13.5. The van der Waals surface area contributed by atoms with E-state index in [1.54, 1.807) is 42.6 Å². The predicted octanol–water partition coefficient (Wildman–Crippen LogP) is 4.48. The van der Waals surface area contributed by atoms with Gasteiger partial charge in [0.1, 0.15) is 5.82 Å². The molecule has 6 heteroatoms. The molecule has 1 amide bonds. The van der Waals surface area contributed by atoms with Gasteiger partial charge in [-0.3, -0.25) is 4.79 Å². The van der Waals surface area contributed by atoms with Crippen molar-refractivity contribution in [3.8, 4) is 0 Å². The van der Waals surface area contributed by atoms with Gasteiger partial charge in [0.15, 0.2) is 0 Å². The number of benzene rings is 2. The van der Waals surface area contributed by atoms with Crippen molar-refractivity contribution in [2.24, 2.45) is 0 Å². The first-order valence-electron chi connectivity index (χ1n) is 8.76. The fourth-order valence-corrected chi connectivity index (χ4v) is 2.62. The molecule has 3 rings (SSSR count). The number of hydrogen-bond donors (Lipinski definition) is 2. The lowest BCUT2D eigenvalue weighted by Gasteiger charge is -2.10. The van der Waals surface area contributed by atoms with Crippen LogP contribution in [0.2, 0.25) is 0 Å². The maximum atomic E-state index is 12.5. The fourth-order valence-electron chi connectivity index (χ4n) is 2.62. The molecule has 0 saturated heterocycles. The van der Waals surface area contributed by atoms with Gasteiger partial charge >= 0.3 is 5.97 Å². The van der Waals surface area contributed by atoms with Gasteiger partial charge < -0.3 is 15.4 Å². The van der Waals surface area contributed by atoms with Crippen molar-refractivity contribution in [2.45, 2.75) is 13.8 Å². The number of carbonyl (C=O) groups excluding carboxylic acids is 2.